The van der Waals surface area contributed by atoms with E-state index in [1.165, 1.54) is 15.9 Å². The number of carbonyl (C=O) groups is 3. The molecule has 6 nitrogen and oxygen atoms in total. The highest BCUT2D eigenvalue weighted by molar-refractivity contribution is 6.35. The predicted octanol–water partition coefficient (Wildman–Crippen LogP) is 0.585. The molecule has 1 aliphatic rings. The first kappa shape index (κ1) is 14.8. The van der Waals surface area contributed by atoms with Crippen molar-refractivity contribution in [2.75, 3.05) is 20.1 Å². The third-order valence-corrected chi connectivity index (χ3v) is 3.29. The zero-order chi connectivity index (χ0) is 15.4. The number of carboxylic acid groups (broad SMARTS) is 1. The first-order valence-corrected chi connectivity index (χ1v) is 6.51. The van der Waals surface area contributed by atoms with Crippen LogP contribution < -0.4 is 0 Å². The molecule has 21 heavy (non-hydrogen) atoms. The highest BCUT2D eigenvalue weighted by atomic mass is 16.4. The number of benzene rings is 1. The van der Waals surface area contributed by atoms with Crippen LogP contribution in [0.4, 0.5) is 0 Å². The largest absolute Gasteiger partial charge is 0.478 e. The van der Waals surface area contributed by atoms with E-state index in [1.54, 1.807) is 19.2 Å². The van der Waals surface area contributed by atoms with E-state index in [9.17, 15) is 14.4 Å². The van der Waals surface area contributed by atoms with Gasteiger partial charge in [0.05, 0.1) is 0 Å². The molecular weight excluding hydrogens is 272 g/mol. The van der Waals surface area contributed by atoms with Crippen molar-refractivity contribution >= 4 is 23.9 Å². The first-order valence-electron chi connectivity index (χ1n) is 6.51. The SMILES string of the molecule is CN1CCN(Cc2ccc(C=CC(=O)O)cc2)C(=O)C1=O. The zero-order valence-corrected chi connectivity index (χ0v) is 11.7. The van der Waals surface area contributed by atoms with Crippen molar-refractivity contribution in [3.05, 3.63) is 41.5 Å². The molecule has 2 rings (SSSR count). The monoisotopic (exact) mass is 288 g/mol. The number of aliphatic carboxylic acids is 1. The van der Waals surface area contributed by atoms with Gasteiger partial charge in [0.1, 0.15) is 0 Å². The summed E-state index contributed by atoms with van der Waals surface area (Å²) in [6.45, 7) is 1.42. The third kappa shape index (κ3) is 3.68. The minimum atomic E-state index is -0.999. The second-order valence-corrected chi connectivity index (χ2v) is 4.87. The number of likely N-dealkylation sites (N-methyl/N-ethyl adjacent to an activating group) is 1. The maximum Gasteiger partial charge on any atom is 0.328 e. The molecule has 0 radical (unpaired) electrons. The van der Waals surface area contributed by atoms with Crippen LogP contribution in [0.5, 0.6) is 0 Å². The van der Waals surface area contributed by atoms with Crippen LogP contribution in [0.1, 0.15) is 11.1 Å². The van der Waals surface area contributed by atoms with Gasteiger partial charge in [-0.05, 0) is 17.2 Å². The summed E-state index contributed by atoms with van der Waals surface area (Å²) in [5.74, 6) is -1.97. The Labute approximate surface area is 122 Å². The number of carboxylic acids is 1. The van der Waals surface area contributed by atoms with Crippen molar-refractivity contribution in [1.29, 1.82) is 0 Å². The Morgan fingerprint density at radius 3 is 2.48 bits per heavy atom. The summed E-state index contributed by atoms with van der Waals surface area (Å²) in [5.41, 5.74) is 1.66. The molecule has 110 valence electrons. The van der Waals surface area contributed by atoms with Gasteiger partial charge in [-0.2, -0.15) is 0 Å². The van der Waals surface area contributed by atoms with Gasteiger partial charge in [-0.25, -0.2) is 4.79 Å². The molecule has 2 amide bonds. The lowest BCUT2D eigenvalue weighted by Crippen LogP contribution is -2.52. The summed E-state index contributed by atoms with van der Waals surface area (Å²) >= 11 is 0. The van der Waals surface area contributed by atoms with Crippen molar-refractivity contribution in [1.82, 2.24) is 9.80 Å². The minimum absolute atomic E-state index is 0.376. The fraction of sp³-hybridized carbons (Fsp3) is 0.267. The molecule has 0 saturated carbocycles. The van der Waals surface area contributed by atoms with Gasteiger partial charge in [0, 0.05) is 32.8 Å². The van der Waals surface area contributed by atoms with E-state index in [4.69, 9.17) is 5.11 Å². The van der Waals surface area contributed by atoms with Crippen molar-refractivity contribution < 1.29 is 19.5 Å². The van der Waals surface area contributed by atoms with Gasteiger partial charge in [-0.3, -0.25) is 9.59 Å². The van der Waals surface area contributed by atoms with E-state index in [0.717, 1.165) is 17.2 Å². The molecule has 0 unspecified atom stereocenters. The fourth-order valence-electron chi connectivity index (χ4n) is 2.05. The molecule has 6 heteroatoms. The molecule has 0 aromatic heterocycles. The standard InChI is InChI=1S/C15H16N2O4/c1-16-8-9-17(15(21)14(16)20)10-12-4-2-11(3-5-12)6-7-13(18)19/h2-7H,8-10H2,1H3,(H,18,19). The summed E-state index contributed by atoms with van der Waals surface area (Å²) in [7, 11) is 1.61. The number of nitrogens with zero attached hydrogens (tertiary/aromatic N) is 2. The predicted molar refractivity (Wildman–Crippen MR) is 76.2 cm³/mol. The first-order chi connectivity index (χ1) is 9.97. The van der Waals surface area contributed by atoms with Crippen LogP contribution in [0.2, 0.25) is 0 Å². The molecule has 1 aromatic carbocycles. The summed E-state index contributed by atoms with van der Waals surface area (Å²) in [5, 5.41) is 8.55. The minimum Gasteiger partial charge on any atom is -0.478 e. The molecule has 0 aliphatic carbocycles. The molecule has 1 aromatic rings. The van der Waals surface area contributed by atoms with E-state index in [-0.39, 0.29) is 0 Å². The third-order valence-electron chi connectivity index (χ3n) is 3.29. The zero-order valence-electron chi connectivity index (χ0n) is 11.7. The molecule has 0 spiro atoms. The van der Waals surface area contributed by atoms with Crippen molar-refractivity contribution in [2.45, 2.75) is 6.54 Å². The van der Waals surface area contributed by atoms with Crippen molar-refractivity contribution in [2.24, 2.45) is 0 Å². The Kier molecular flexibility index (Phi) is 4.37. The molecule has 1 N–H and O–H groups in total. The van der Waals surface area contributed by atoms with Gasteiger partial charge >= 0.3 is 17.8 Å². The lowest BCUT2D eigenvalue weighted by atomic mass is 10.1. The highest BCUT2D eigenvalue weighted by Gasteiger charge is 2.29. The Balaban J connectivity index is 2.02. The molecule has 1 heterocycles. The van der Waals surface area contributed by atoms with E-state index < -0.39 is 17.8 Å². The normalized spacial score (nSPS) is 15.9. The molecule has 1 aliphatic heterocycles. The molecule has 1 saturated heterocycles. The molecular formula is C15H16N2O4. The number of carbonyl (C=O) groups excluding carboxylic acids is 2. The van der Waals surface area contributed by atoms with Crippen molar-refractivity contribution in [3.8, 4) is 0 Å². The van der Waals surface area contributed by atoms with Gasteiger partial charge in [0.25, 0.3) is 0 Å². The number of hydrogen-bond donors (Lipinski definition) is 1. The van der Waals surface area contributed by atoms with Gasteiger partial charge in [0.2, 0.25) is 0 Å². The van der Waals surface area contributed by atoms with Gasteiger partial charge in [-0.15, -0.1) is 0 Å². The topological polar surface area (TPSA) is 77.9 Å². The lowest BCUT2D eigenvalue weighted by Gasteiger charge is -2.31. The Hall–Kier alpha value is -2.63. The van der Waals surface area contributed by atoms with Crippen LogP contribution in [-0.4, -0.2) is 52.8 Å². The lowest BCUT2D eigenvalue weighted by molar-refractivity contribution is -0.155. The Morgan fingerprint density at radius 2 is 1.86 bits per heavy atom. The van der Waals surface area contributed by atoms with E-state index in [2.05, 4.69) is 0 Å². The van der Waals surface area contributed by atoms with Crippen molar-refractivity contribution in [3.63, 3.8) is 0 Å². The number of amides is 2. The van der Waals surface area contributed by atoms with Crippen LogP contribution in [0.15, 0.2) is 30.3 Å². The number of piperazine rings is 1. The average Bonchev–Trinajstić information content (AvgIpc) is 2.47. The van der Waals surface area contributed by atoms with Gasteiger partial charge in [0.15, 0.2) is 0 Å². The second-order valence-electron chi connectivity index (χ2n) is 4.87. The Morgan fingerprint density at radius 1 is 1.19 bits per heavy atom. The summed E-state index contributed by atoms with van der Waals surface area (Å²) in [4.78, 5) is 36.8. The van der Waals surface area contributed by atoms with Gasteiger partial charge in [-0.1, -0.05) is 24.3 Å². The van der Waals surface area contributed by atoms with E-state index in [1.807, 2.05) is 12.1 Å². The Bertz CT molecular complexity index is 592. The summed E-state index contributed by atoms with van der Waals surface area (Å²) in [6.07, 6.45) is 2.56. The smallest absolute Gasteiger partial charge is 0.328 e. The highest BCUT2D eigenvalue weighted by Crippen LogP contribution is 2.12. The van der Waals surface area contributed by atoms with E-state index in [0.29, 0.717) is 19.6 Å². The number of hydrogen-bond acceptors (Lipinski definition) is 3. The van der Waals surface area contributed by atoms with Crippen LogP contribution in [-0.2, 0) is 20.9 Å². The van der Waals surface area contributed by atoms with E-state index >= 15 is 0 Å². The van der Waals surface area contributed by atoms with Crippen LogP contribution in [0, 0.1) is 0 Å². The molecule has 1 fully saturated rings. The van der Waals surface area contributed by atoms with Crippen LogP contribution in [0.3, 0.4) is 0 Å². The fourth-order valence-corrected chi connectivity index (χ4v) is 2.05. The number of rotatable bonds is 4. The summed E-state index contributed by atoms with van der Waals surface area (Å²) in [6, 6.07) is 7.18. The van der Waals surface area contributed by atoms with Gasteiger partial charge < -0.3 is 14.9 Å². The average molecular weight is 288 g/mol. The molecule has 0 atom stereocenters. The maximum atomic E-state index is 11.8. The quantitative estimate of drug-likeness (QED) is 0.649. The summed E-state index contributed by atoms with van der Waals surface area (Å²) < 4.78 is 0. The molecule has 0 bridgehead atoms. The van der Waals surface area contributed by atoms with Crippen LogP contribution >= 0.6 is 0 Å². The second kappa shape index (κ2) is 6.21. The van der Waals surface area contributed by atoms with Crippen LogP contribution in [0.25, 0.3) is 6.08 Å². The maximum absolute atomic E-state index is 11.8.